The van der Waals surface area contributed by atoms with Crippen LogP contribution >= 0.6 is 0 Å². The van der Waals surface area contributed by atoms with Gasteiger partial charge in [0.25, 0.3) is 0 Å². The van der Waals surface area contributed by atoms with E-state index in [0.717, 1.165) is 32.2 Å². The Kier molecular flexibility index (Phi) is 5.27. The maximum Gasteiger partial charge on any atom is 0.222 e. The molecule has 1 heterocycles. The topological polar surface area (TPSA) is 37.4 Å². The highest BCUT2D eigenvalue weighted by Crippen LogP contribution is 2.13. The van der Waals surface area contributed by atoms with Crippen molar-refractivity contribution >= 4 is 11.7 Å². The van der Waals surface area contributed by atoms with Crippen LogP contribution in [-0.2, 0) is 4.79 Å². The Bertz CT molecular complexity index is 470. The van der Waals surface area contributed by atoms with Gasteiger partial charge in [0.15, 0.2) is 5.78 Å². The van der Waals surface area contributed by atoms with Crippen LogP contribution in [0.25, 0.3) is 0 Å². The number of benzene rings is 1. The number of likely N-dealkylation sites (tertiary alicyclic amines) is 1. The molecular weight excluding hydrogens is 257 g/mol. The van der Waals surface area contributed by atoms with Crippen LogP contribution in [0.5, 0.6) is 0 Å². The van der Waals surface area contributed by atoms with Gasteiger partial charge in [0, 0.05) is 31.5 Å². The third kappa shape index (κ3) is 4.15. The molecule has 0 saturated carbocycles. The van der Waals surface area contributed by atoms with Crippen molar-refractivity contribution < 1.29 is 14.0 Å². The number of carbonyl (C=O) groups excluding carboxylic acids is 2. The quantitative estimate of drug-likeness (QED) is 0.793. The minimum atomic E-state index is -0.347. The Morgan fingerprint density at radius 3 is 2.55 bits per heavy atom. The van der Waals surface area contributed by atoms with E-state index in [1.54, 1.807) is 4.90 Å². The van der Waals surface area contributed by atoms with Crippen LogP contribution in [0.1, 0.15) is 48.9 Å². The average Bonchev–Trinajstić information content (AvgIpc) is 2.43. The maximum atomic E-state index is 12.8. The Labute approximate surface area is 118 Å². The Morgan fingerprint density at radius 2 is 1.80 bits per heavy atom. The lowest BCUT2D eigenvalue weighted by Crippen LogP contribution is -2.34. The van der Waals surface area contributed by atoms with Crippen molar-refractivity contribution in [1.82, 2.24) is 4.90 Å². The van der Waals surface area contributed by atoms with E-state index in [1.807, 2.05) is 0 Å². The lowest BCUT2D eigenvalue weighted by molar-refractivity contribution is -0.131. The minimum Gasteiger partial charge on any atom is -0.342 e. The van der Waals surface area contributed by atoms with E-state index in [1.165, 1.54) is 24.3 Å². The van der Waals surface area contributed by atoms with E-state index < -0.39 is 0 Å². The number of hydrogen-bond acceptors (Lipinski definition) is 2. The third-order valence-electron chi connectivity index (χ3n) is 3.70. The smallest absolute Gasteiger partial charge is 0.222 e. The van der Waals surface area contributed by atoms with Crippen molar-refractivity contribution in [3.63, 3.8) is 0 Å². The molecule has 20 heavy (non-hydrogen) atoms. The fraction of sp³-hybridized carbons (Fsp3) is 0.500. The van der Waals surface area contributed by atoms with Crippen LogP contribution in [0.4, 0.5) is 4.39 Å². The summed E-state index contributed by atoms with van der Waals surface area (Å²) in [5, 5.41) is 0. The molecule has 0 atom stereocenters. The standard InChI is InChI=1S/C16H20FNO2/c17-14-8-6-13(7-9-14)15(19)10-12-18-11-4-2-1-3-5-16(18)20/h6-9H,1-5,10-12H2. The van der Waals surface area contributed by atoms with Crippen LogP contribution in [0.15, 0.2) is 24.3 Å². The molecule has 3 nitrogen and oxygen atoms in total. The van der Waals surface area contributed by atoms with Crippen molar-refractivity contribution in [3.8, 4) is 0 Å². The van der Waals surface area contributed by atoms with Crippen molar-refractivity contribution in [1.29, 1.82) is 0 Å². The molecule has 0 radical (unpaired) electrons. The molecule has 1 saturated heterocycles. The largest absolute Gasteiger partial charge is 0.342 e. The van der Waals surface area contributed by atoms with Crippen molar-refractivity contribution in [2.45, 2.75) is 38.5 Å². The highest BCUT2D eigenvalue weighted by Gasteiger charge is 2.16. The third-order valence-corrected chi connectivity index (χ3v) is 3.70. The van der Waals surface area contributed by atoms with E-state index >= 15 is 0 Å². The van der Waals surface area contributed by atoms with Gasteiger partial charge in [0.05, 0.1) is 0 Å². The first-order valence-corrected chi connectivity index (χ1v) is 7.23. The monoisotopic (exact) mass is 277 g/mol. The van der Waals surface area contributed by atoms with Gasteiger partial charge in [-0.25, -0.2) is 4.39 Å². The van der Waals surface area contributed by atoms with Crippen LogP contribution in [0.3, 0.4) is 0 Å². The van der Waals surface area contributed by atoms with E-state index in [9.17, 15) is 14.0 Å². The average molecular weight is 277 g/mol. The number of carbonyl (C=O) groups is 2. The number of halogens is 1. The van der Waals surface area contributed by atoms with Gasteiger partial charge in [0.1, 0.15) is 5.82 Å². The molecule has 0 spiro atoms. The van der Waals surface area contributed by atoms with E-state index in [4.69, 9.17) is 0 Å². The molecule has 1 aliphatic rings. The molecule has 1 aromatic rings. The normalized spacial score (nSPS) is 16.6. The summed E-state index contributed by atoms with van der Waals surface area (Å²) in [6, 6.07) is 5.56. The van der Waals surface area contributed by atoms with E-state index in [2.05, 4.69) is 0 Å². The van der Waals surface area contributed by atoms with Crippen LogP contribution in [0.2, 0.25) is 0 Å². The molecule has 1 fully saturated rings. The van der Waals surface area contributed by atoms with Gasteiger partial charge in [-0.15, -0.1) is 0 Å². The molecule has 1 aliphatic heterocycles. The predicted molar refractivity (Wildman–Crippen MR) is 75.0 cm³/mol. The number of rotatable bonds is 4. The second-order valence-electron chi connectivity index (χ2n) is 5.23. The predicted octanol–water partition coefficient (Wildman–Crippen LogP) is 3.19. The molecule has 4 heteroatoms. The molecule has 108 valence electrons. The van der Waals surface area contributed by atoms with Crippen molar-refractivity contribution in [2.24, 2.45) is 0 Å². The van der Waals surface area contributed by atoms with Crippen LogP contribution in [0, 0.1) is 5.82 Å². The van der Waals surface area contributed by atoms with Gasteiger partial charge in [0.2, 0.25) is 5.91 Å². The fourth-order valence-electron chi connectivity index (χ4n) is 2.47. The van der Waals surface area contributed by atoms with Crippen molar-refractivity contribution in [3.05, 3.63) is 35.6 Å². The lowest BCUT2D eigenvalue weighted by atomic mass is 10.1. The molecule has 0 N–H and O–H groups in total. The van der Waals surface area contributed by atoms with Gasteiger partial charge in [-0.1, -0.05) is 12.8 Å². The second-order valence-corrected chi connectivity index (χ2v) is 5.23. The number of amides is 1. The summed E-state index contributed by atoms with van der Waals surface area (Å²) < 4.78 is 12.8. The maximum absolute atomic E-state index is 12.8. The first-order chi connectivity index (χ1) is 9.66. The van der Waals surface area contributed by atoms with E-state index in [-0.39, 0.29) is 17.5 Å². The highest BCUT2D eigenvalue weighted by atomic mass is 19.1. The first-order valence-electron chi connectivity index (χ1n) is 7.23. The number of ketones is 1. The summed E-state index contributed by atoms with van der Waals surface area (Å²) in [5.41, 5.74) is 0.505. The van der Waals surface area contributed by atoms with Crippen LogP contribution < -0.4 is 0 Å². The number of hydrogen-bond donors (Lipinski definition) is 0. The van der Waals surface area contributed by atoms with Crippen LogP contribution in [-0.4, -0.2) is 29.7 Å². The minimum absolute atomic E-state index is 0.0418. The molecule has 1 aromatic carbocycles. The molecule has 0 bridgehead atoms. The Hall–Kier alpha value is -1.71. The van der Waals surface area contributed by atoms with Gasteiger partial charge >= 0.3 is 0 Å². The molecule has 0 unspecified atom stereocenters. The van der Waals surface area contributed by atoms with Crippen molar-refractivity contribution in [2.75, 3.05) is 13.1 Å². The van der Waals surface area contributed by atoms with Gasteiger partial charge in [-0.3, -0.25) is 9.59 Å². The highest BCUT2D eigenvalue weighted by molar-refractivity contribution is 5.96. The zero-order chi connectivity index (χ0) is 14.4. The lowest BCUT2D eigenvalue weighted by Gasteiger charge is -2.24. The summed E-state index contributed by atoms with van der Waals surface area (Å²) >= 11 is 0. The zero-order valence-electron chi connectivity index (χ0n) is 11.6. The second kappa shape index (κ2) is 7.17. The fourth-order valence-corrected chi connectivity index (χ4v) is 2.47. The molecule has 0 aromatic heterocycles. The Balaban J connectivity index is 1.88. The van der Waals surface area contributed by atoms with Gasteiger partial charge in [-0.2, -0.15) is 0 Å². The SMILES string of the molecule is O=C(CCN1CCCCCCC1=O)c1ccc(F)cc1. The number of nitrogens with zero attached hydrogens (tertiary/aromatic N) is 1. The Morgan fingerprint density at radius 1 is 1.10 bits per heavy atom. The summed E-state index contributed by atoms with van der Waals surface area (Å²) in [7, 11) is 0. The van der Waals surface area contributed by atoms with Gasteiger partial charge in [-0.05, 0) is 37.1 Å². The van der Waals surface area contributed by atoms with Gasteiger partial charge < -0.3 is 4.90 Å². The van der Waals surface area contributed by atoms with E-state index in [0.29, 0.717) is 24.9 Å². The zero-order valence-corrected chi connectivity index (χ0v) is 11.6. The molecule has 0 aliphatic carbocycles. The molecular formula is C16H20FNO2. The molecule has 1 amide bonds. The number of Topliss-reactive ketones (excluding diaryl/α,β-unsaturated/α-hetero) is 1. The molecule has 2 rings (SSSR count). The summed E-state index contributed by atoms with van der Waals surface area (Å²) in [4.78, 5) is 25.7. The summed E-state index contributed by atoms with van der Waals surface area (Å²) in [6.45, 7) is 1.21. The summed E-state index contributed by atoms with van der Waals surface area (Å²) in [6.07, 6.45) is 5.11. The first kappa shape index (κ1) is 14.7. The summed E-state index contributed by atoms with van der Waals surface area (Å²) in [5.74, 6) is -0.239.